The number of H-pyrrole nitrogens is 1. The second-order valence-electron chi connectivity index (χ2n) is 10.5. The monoisotopic (exact) mass is 732 g/mol. The summed E-state index contributed by atoms with van der Waals surface area (Å²) in [7, 11) is -11.2. The third-order valence-corrected chi connectivity index (χ3v) is 9.96. The van der Waals surface area contributed by atoms with E-state index in [9.17, 15) is 49.2 Å². The molecule has 26 heteroatoms. The zero-order valence-corrected chi connectivity index (χ0v) is 26.4. The van der Waals surface area contributed by atoms with Crippen LogP contribution in [0.5, 0.6) is 0 Å². The first-order valence-corrected chi connectivity index (χ1v) is 17.2. The van der Waals surface area contributed by atoms with E-state index >= 15 is 0 Å². The van der Waals surface area contributed by atoms with Gasteiger partial charge in [-0.05, 0) is 12.8 Å². The Labute approximate surface area is 267 Å². The molecule has 0 amide bonds. The van der Waals surface area contributed by atoms with Crippen LogP contribution in [0.15, 0.2) is 17.3 Å². The number of phosphoric acid groups is 2. The maximum Gasteiger partial charge on any atom is 0.483 e. The highest BCUT2D eigenvalue weighted by Crippen LogP contribution is 2.61. The predicted octanol–water partition coefficient (Wildman–Crippen LogP) is -3.16. The van der Waals surface area contributed by atoms with Crippen molar-refractivity contribution < 1.29 is 67.3 Å². The van der Waals surface area contributed by atoms with Gasteiger partial charge in [-0.3, -0.25) is 23.4 Å². The number of alkyl halides is 1. The van der Waals surface area contributed by atoms with Crippen LogP contribution in [0.1, 0.15) is 18.3 Å². The molecular weight excluding hydrogens is 702 g/mol. The quantitative estimate of drug-likeness (QED) is 0.0618. The van der Waals surface area contributed by atoms with Crippen molar-refractivity contribution in [3.8, 4) is 0 Å². The largest absolute Gasteiger partial charge is 0.483 e. The molecule has 10 N–H and O–H groups in total. The minimum absolute atomic E-state index is 0.112. The number of aryl methyl sites for hydroxylation is 1. The molecule has 47 heavy (non-hydrogen) atoms. The van der Waals surface area contributed by atoms with E-state index in [-0.39, 0.29) is 23.7 Å². The van der Waals surface area contributed by atoms with Gasteiger partial charge in [-0.1, -0.05) is 5.21 Å². The van der Waals surface area contributed by atoms with E-state index in [1.165, 1.54) is 10.9 Å². The van der Waals surface area contributed by atoms with E-state index < -0.39 is 83.1 Å². The third kappa shape index (κ3) is 8.07. The van der Waals surface area contributed by atoms with Crippen LogP contribution in [0, 0.1) is 0 Å². The van der Waals surface area contributed by atoms with E-state index in [1.807, 2.05) is 0 Å². The van der Waals surface area contributed by atoms with Gasteiger partial charge in [0.2, 0.25) is 5.95 Å². The molecule has 2 fully saturated rings. The molecule has 5 heterocycles. The number of fused-ring (bicyclic) bond motifs is 1. The van der Waals surface area contributed by atoms with Crippen molar-refractivity contribution in [1.29, 1.82) is 0 Å². The number of aliphatic hydroxyl groups excluding tert-OH is 5. The summed E-state index contributed by atoms with van der Waals surface area (Å²) in [6, 6.07) is 0. The SMILES string of the molecule is Nc1nc2c(ncn2[C@@H]2O[C@H](COP(=O)(O)OP(=O)(O)O[C@H]3O[C@@H](Cn4cc(CCCCl)nn4)[C@@H](O)[C@@H](O)[C@@H]3O)[C@@H](O)[C@H]2O)c(=O)[nH]1. The molecule has 0 aromatic carbocycles. The van der Waals surface area contributed by atoms with Crippen molar-refractivity contribution in [3.63, 3.8) is 0 Å². The Morgan fingerprint density at radius 3 is 2.47 bits per heavy atom. The number of anilines is 1. The predicted molar refractivity (Wildman–Crippen MR) is 152 cm³/mol. The average Bonchev–Trinajstić information content (AvgIpc) is 3.69. The number of aliphatic hydroxyl groups is 5. The molecule has 23 nitrogen and oxygen atoms in total. The lowest BCUT2D eigenvalue weighted by Crippen LogP contribution is -2.58. The molecule has 0 radical (unpaired) electrons. The Bertz CT molecular complexity index is 1710. The number of nitrogens with two attached hydrogens (primary N) is 1. The smallest absolute Gasteiger partial charge is 0.388 e. The highest BCUT2D eigenvalue weighted by atomic mass is 35.5. The van der Waals surface area contributed by atoms with Crippen molar-refractivity contribution >= 4 is 44.4 Å². The van der Waals surface area contributed by atoms with Gasteiger partial charge < -0.3 is 50.5 Å². The summed E-state index contributed by atoms with van der Waals surface area (Å²) < 4.78 is 52.1. The molecule has 11 atom stereocenters. The summed E-state index contributed by atoms with van der Waals surface area (Å²) in [5.41, 5.74) is 5.15. The van der Waals surface area contributed by atoms with Crippen LogP contribution < -0.4 is 11.3 Å². The van der Waals surface area contributed by atoms with Crippen LogP contribution in [0.4, 0.5) is 5.95 Å². The minimum Gasteiger partial charge on any atom is -0.388 e. The lowest BCUT2D eigenvalue weighted by atomic mass is 9.99. The van der Waals surface area contributed by atoms with Crippen molar-refractivity contribution in [2.24, 2.45) is 0 Å². The summed E-state index contributed by atoms with van der Waals surface area (Å²) in [4.78, 5) is 42.4. The van der Waals surface area contributed by atoms with E-state index in [2.05, 4.69) is 34.1 Å². The number of imidazole rings is 1. The Morgan fingerprint density at radius 1 is 1.02 bits per heavy atom. The van der Waals surface area contributed by atoms with E-state index in [1.54, 1.807) is 0 Å². The Balaban J connectivity index is 1.19. The molecule has 262 valence electrons. The molecule has 2 aliphatic rings. The van der Waals surface area contributed by atoms with Crippen LogP contribution >= 0.6 is 27.2 Å². The molecule has 0 bridgehead atoms. The number of nitrogens with zero attached hydrogens (tertiary/aromatic N) is 6. The van der Waals surface area contributed by atoms with E-state index in [4.69, 9.17) is 31.3 Å². The standard InChI is InChI=1S/C21H31ClN8O15P2/c22-3-1-2-8-4-29(28-27-8)5-9-12(31)14(33)16(35)20(43-9)44-47(39,40)45-46(37,38)41-6-10-13(32)15(34)19(42-10)30-7-24-11-17(30)25-21(23)26-18(11)36/h4,7,9-10,12-16,19-20,31-35H,1-3,5-6H2,(H,37,38)(H,39,40)(H3,23,25,26,36)/t9-,10+,12+,13+,14+,15+,16-,19+,20+/m0/s1. The first kappa shape index (κ1) is 35.9. The van der Waals surface area contributed by atoms with E-state index in [0.29, 0.717) is 24.4 Å². The summed E-state index contributed by atoms with van der Waals surface area (Å²) >= 11 is 5.67. The maximum absolute atomic E-state index is 12.6. The second-order valence-corrected chi connectivity index (χ2v) is 13.9. The van der Waals surface area contributed by atoms with Gasteiger partial charge in [0.05, 0.1) is 25.2 Å². The summed E-state index contributed by atoms with van der Waals surface area (Å²) in [5.74, 6) is 0.110. The minimum atomic E-state index is -5.64. The number of aromatic nitrogens is 7. The average molecular weight is 733 g/mol. The molecule has 2 unspecified atom stereocenters. The number of ether oxygens (including phenoxy) is 2. The highest BCUT2D eigenvalue weighted by Gasteiger charge is 2.50. The third-order valence-electron chi connectivity index (χ3n) is 7.10. The number of nitrogens with one attached hydrogen (secondary N) is 1. The zero-order chi connectivity index (χ0) is 34.3. The Hall–Kier alpha value is -2.44. The van der Waals surface area contributed by atoms with Crippen molar-refractivity contribution in [2.75, 3.05) is 18.2 Å². The van der Waals surface area contributed by atoms with Crippen LogP contribution in [-0.4, -0.2) is 131 Å². The maximum atomic E-state index is 12.6. The molecular formula is C21H31ClN8O15P2. The first-order valence-electron chi connectivity index (χ1n) is 13.7. The molecule has 0 saturated carbocycles. The number of rotatable bonds is 13. The Kier molecular flexibility index (Phi) is 10.8. The lowest BCUT2D eigenvalue weighted by molar-refractivity contribution is -0.278. The summed E-state index contributed by atoms with van der Waals surface area (Å²) in [6.07, 6.45) is -12.1. The molecule has 3 aromatic heterocycles. The van der Waals surface area contributed by atoms with Crippen molar-refractivity contribution in [2.45, 2.75) is 74.6 Å². The molecule has 0 aliphatic carbocycles. The van der Waals surface area contributed by atoms with Crippen LogP contribution in [0.25, 0.3) is 11.2 Å². The second kappa shape index (κ2) is 14.2. The lowest BCUT2D eigenvalue weighted by Gasteiger charge is -2.40. The van der Waals surface area contributed by atoms with Gasteiger partial charge in [0, 0.05) is 12.1 Å². The van der Waals surface area contributed by atoms with Crippen LogP contribution in [0.3, 0.4) is 0 Å². The number of nitrogen functional groups attached to an aromatic ring is 1. The topological polar surface area (TPSA) is 342 Å². The van der Waals surface area contributed by atoms with Crippen LogP contribution in [-0.2, 0) is 44.9 Å². The van der Waals surface area contributed by atoms with Gasteiger partial charge in [-0.25, -0.2) is 18.8 Å². The number of hydrogen-bond donors (Lipinski definition) is 9. The summed E-state index contributed by atoms with van der Waals surface area (Å²) in [6.45, 7) is -1.26. The van der Waals surface area contributed by atoms with Gasteiger partial charge in [-0.15, -0.1) is 16.7 Å². The highest BCUT2D eigenvalue weighted by molar-refractivity contribution is 7.61. The van der Waals surface area contributed by atoms with Crippen molar-refractivity contribution in [1.82, 2.24) is 34.5 Å². The number of aromatic amines is 1. The molecule has 3 aromatic rings. The van der Waals surface area contributed by atoms with E-state index in [0.717, 1.165) is 10.9 Å². The number of halogens is 1. The van der Waals surface area contributed by atoms with Gasteiger partial charge in [0.15, 0.2) is 23.7 Å². The number of phosphoric ester groups is 2. The fraction of sp³-hybridized carbons (Fsp3) is 0.667. The fourth-order valence-electron chi connectivity index (χ4n) is 4.83. The molecule has 2 aliphatic heterocycles. The van der Waals surface area contributed by atoms with Gasteiger partial charge in [-0.2, -0.15) is 9.29 Å². The fourth-order valence-corrected chi connectivity index (χ4v) is 7.12. The van der Waals surface area contributed by atoms with Crippen LogP contribution in [0.2, 0.25) is 0 Å². The molecule has 2 saturated heterocycles. The molecule has 5 rings (SSSR count). The van der Waals surface area contributed by atoms with Gasteiger partial charge in [0.1, 0.15) is 42.7 Å². The van der Waals surface area contributed by atoms with Gasteiger partial charge >= 0.3 is 15.6 Å². The number of hydrogen-bond acceptors (Lipinski definition) is 18. The van der Waals surface area contributed by atoms with Crippen molar-refractivity contribution in [3.05, 3.63) is 28.6 Å². The van der Waals surface area contributed by atoms with Gasteiger partial charge in [0.25, 0.3) is 5.56 Å². The zero-order valence-electron chi connectivity index (χ0n) is 23.8. The normalized spacial score (nSPS) is 32.4. The Morgan fingerprint density at radius 2 is 1.74 bits per heavy atom. The molecule has 0 spiro atoms. The summed E-state index contributed by atoms with van der Waals surface area (Å²) in [5, 5.41) is 59.7. The first-order chi connectivity index (χ1) is 22.1.